The molecule has 1 unspecified atom stereocenters. The van der Waals surface area contributed by atoms with E-state index >= 15 is 0 Å². The summed E-state index contributed by atoms with van der Waals surface area (Å²) in [4.78, 5) is 12.8. The van der Waals surface area contributed by atoms with Gasteiger partial charge >= 0.3 is 0 Å². The molecule has 0 saturated carbocycles. The van der Waals surface area contributed by atoms with Gasteiger partial charge in [-0.05, 0) is 32.4 Å². The molecule has 0 aromatic carbocycles. The van der Waals surface area contributed by atoms with Crippen LogP contribution in [0.25, 0.3) is 11.4 Å². The van der Waals surface area contributed by atoms with Crippen LogP contribution in [0.1, 0.15) is 44.0 Å². The zero-order valence-corrected chi connectivity index (χ0v) is 14.5. The Balaban J connectivity index is 2.17. The van der Waals surface area contributed by atoms with Crippen molar-refractivity contribution in [2.24, 2.45) is 0 Å². The van der Waals surface area contributed by atoms with Gasteiger partial charge in [0, 0.05) is 41.5 Å². The van der Waals surface area contributed by atoms with Crippen molar-refractivity contribution in [3.05, 3.63) is 42.0 Å². The molecular formula is C16H22N4O2S. The van der Waals surface area contributed by atoms with Gasteiger partial charge in [-0.15, -0.1) is 0 Å². The SMILES string of the molecule is CCCCS(=O)(=O)NC(C)c1cnc(-c2ccncc2)nc1C. The van der Waals surface area contributed by atoms with E-state index in [2.05, 4.69) is 19.7 Å². The Kier molecular flexibility index (Phi) is 5.79. The summed E-state index contributed by atoms with van der Waals surface area (Å²) in [5.41, 5.74) is 2.42. The lowest BCUT2D eigenvalue weighted by atomic mass is 10.1. The van der Waals surface area contributed by atoms with Gasteiger partial charge in [0.1, 0.15) is 0 Å². The molecule has 23 heavy (non-hydrogen) atoms. The monoisotopic (exact) mass is 334 g/mol. The maximum Gasteiger partial charge on any atom is 0.212 e. The topological polar surface area (TPSA) is 84.8 Å². The highest BCUT2D eigenvalue weighted by molar-refractivity contribution is 7.89. The van der Waals surface area contributed by atoms with Gasteiger partial charge in [-0.3, -0.25) is 4.98 Å². The van der Waals surface area contributed by atoms with E-state index in [0.29, 0.717) is 12.2 Å². The number of hydrogen-bond donors (Lipinski definition) is 1. The molecular weight excluding hydrogens is 312 g/mol. The quantitative estimate of drug-likeness (QED) is 0.841. The van der Waals surface area contributed by atoms with Crippen LogP contribution in [0.5, 0.6) is 0 Å². The van der Waals surface area contributed by atoms with Crippen LogP contribution in [0.15, 0.2) is 30.7 Å². The van der Waals surface area contributed by atoms with E-state index in [1.165, 1.54) is 0 Å². The first-order chi connectivity index (χ1) is 10.9. The number of hydrogen-bond acceptors (Lipinski definition) is 5. The molecule has 1 N–H and O–H groups in total. The Morgan fingerprint density at radius 1 is 1.26 bits per heavy atom. The number of aryl methyl sites for hydroxylation is 1. The number of rotatable bonds is 7. The van der Waals surface area contributed by atoms with E-state index in [9.17, 15) is 8.42 Å². The second kappa shape index (κ2) is 7.61. The molecule has 2 aromatic rings. The van der Waals surface area contributed by atoms with Gasteiger partial charge in [-0.25, -0.2) is 23.1 Å². The molecule has 0 aliphatic heterocycles. The lowest BCUT2D eigenvalue weighted by molar-refractivity contribution is 0.562. The van der Waals surface area contributed by atoms with Crippen LogP contribution in [0, 0.1) is 6.92 Å². The van der Waals surface area contributed by atoms with Crippen LogP contribution < -0.4 is 4.72 Å². The van der Waals surface area contributed by atoms with Crippen LogP contribution in [-0.2, 0) is 10.0 Å². The Morgan fingerprint density at radius 3 is 2.57 bits per heavy atom. The van der Waals surface area contributed by atoms with Crippen LogP contribution in [0.3, 0.4) is 0 Å². The van der Waals surface area contributed by atoms with Crippen LogP contribution in [0.4, 0.5) is 0 Å². The zero-order valence-electron chi connectivity index (χ0n) is 13.7. The van der Waals surface area contributed by atoms with E-state index in [0.717, 1.165) is 23.2 Å². The third kappa shape index (κ3) is 4.80. The van der Waals surface area contributed by atoms with Gasteiger partial charge in [0.15, 0.2) is 5.82 Å². The molecule has 6 nitrogen and oxygen atoms in total. The molecule has 0 radical (unpaired) electrons. The molecule has 124 valence electrons. The largest absolute Gasteiger partial charge is 0.265 e. The lowest BCUT2D eigenvalue weighted by Crippen LogP contribution is -2.29. The zero-order chi connectivity index (χ0) is 16.9. The number of pyridine rings is 1. The highest BCUT2D eigenvalue weighted by atomic mass is 32.2. The molecule has 0 fully saturated rings. The van der Waals surface area contributed by atoms with Crippen LogP contribution >= 0.6 is 0 Å². The number of aromatic nitrogens is 3. The Bertz CT molecular complexity index is 748. The third-order valence-corrected chi connectivity index (χ3v) is 5.08. The first-order valence-electron chi connectivity index (χ1n) is 7.67. The molecule has 0 aliphatic rings. The number of unbranched alkanes of at least 4 members (excludes halogenated alkanes) is 1. The van der Waals surface area contributed by atoms with E-state index in [-0.39, 0.29) is 11.8 Å². The van der Waals surface area contributed by atoms with E-state index < -0.39 is 10.0 Å². The van der Waals surface area contributed by atoms with Gasteiger partial charge in [0.25, 0.3) is 0 Å². The molecule has 2 aromatic heterocycles. The lowest BCUT2D eigenvalue weighted by Gasteiger charge is -2.16. The number of nitrogens with one attached hydrogen (secondary N) is 1. The third-order valence-electron chi connectivity index (χ3n) is 3.55. The first-order valence-corrected chi connectivity index (χ1v) is 9.32. The Hall–Kier alpha value is -1.86. The van der Waals surface area contributed by atoms with E-state index in [1.807, 2.05) is 26.0 Å². The molecule has 7 heteroatoms. The van der Waals surface area contributed by atoms with E-state index in [4.69, 9.17) is 0 Å². The van der Waals surface area contributed by atoms with Crippen LogP contribution in [0.2, 0.25) is 0 Å². The summed E-state index contributed by atoms with van der Waals surface area (Å²) in [6, 6.07) is 3.32. The van der Waals surface area contributed by atoms with E-state index in [1.54, 1.807) is 25.5 Å². The second-order valence-electron chi connectivity index (χ2n) is 5.48. The van der Waals surface area contributed by atoms with Crippen molar-refractivity contribution < 1.29 is 8.42 Å². The number of sulfonamides is 1. The van der Waals surface area contributed by atoms with Gasteiger partial charge < -0.3 is 0 Å². The van der Waals surface area contributed by atoms with Gasteiger partial charge in [0.05, 0.1) is 5.75 Å². The molecule has 0 bridgehead atoms. The predicted molar refractivity (Wildman–Crippen MR) is 90.2 cm³/mol. The van der Waals surface area contributed by atoms with Crippen molar-refractivity contribution in [1.29, 1.82) is 0 Å². The fourth-order valence-corrected chi connectivity index (χ4v) is 3.72. The van der Waals surface area contributed by atoms with Gasteiger partial charge in [-0.2, -0.15) is 0 Å². The normalized spacial score (nSPS) is 13.0. The second-order valence-corrected chi connectivity index (χ2v) is 7.36. The summed E-state index contributed by atoms with van der Waals surface area (Å²) in [5.74, 6) is 0.748. The average Bonchev–Trinajstić information content (AvgIpc) is 2.53. The average molecular weight is 334 g/mol. The summed E-state index contributed by atoms with van der Waals surface area (Å²) in [7, 11) is -3.28. The molecule has 2 rings (SSSR count). The minimum atomic E-state index is -3.28. The van der Waals surface area contributed by atoms with Crippen molar-refractivity contribution in [1.82, 2.24) is 19.7 Å². The fourth-order valence-electron chi connectivity index (χ4n) is 2.27. The van der Waals surface area contributed by atoms with Gasteiger partial charge in [0.2, 0.25) is 10.0 Å². The summed E-state index contributed by atoms with van der Waals surface area (Å²) in [6.07, 6.45) is 6.56. The molecule has 0 spiro atoms. The summed E-state index contributed by atoms with van der Waals surface area (Å²) in [6.45, 7) is 5.63. The summed E-state index contributed by atoms with van der Waals surface area (Å²) in [5, 5.41) is 0. The highest BCUT2D eigenvalue weighted by Crippen LogP contribution is 2.20. The van der Waals surface area contributed by atoms with Crippen molar-refractivity contribution in [2.45, 2.75) is 39.7 Å². The Labute approximate surface area is 137 Å². The standard InChI is InChI=1S/C16H22N4O2S/c1-4-5-10-23(21,22)20-13(3)15-11-18-16(19-12(15)2)14-6-8-17-9-7-14/h6-9,11,13,20H,4-5,10H2,1-3H3. The molecule has 0 saturated heterocycles. The minimum Gasteiger partial charge on any atom is -0.265 e. The summed E-state index contributed by atoms with van der Waals surface area (Å²) >= 11 is 0. The minimum absolute atomic E-state index is 0.142. The molecule has 2 heterocycles. The van der Waals surface area contributed by atoms with Crippen molar-refractivity contribution in [3.63, 3.8) is 0 Å². The Morgan fingerprint density at radius 2 is 1.96 bits per heavy atom. The maximum atomic E-state index is 12.0. The van der Waals surface area contributed by atoms with Crippen LogP contribution in [-0.4, -0.2) is 29.1 Å². The molecule has 0 aliphatic carbocycles. The smallest absolute Gasteiger partial charge is 0.212 e. The maximum absolute atomic E-state index is 12.0. The predicted octanol–water partition coefficient (Wildman–Crippen LogP) is 2.63. The van der Waals surface area contributed by atoms with Crippen molar-refractivity contribution in [3.8, 4) is 11.4 Å². The van der Waals surface area contributed by atoms with Crippen molar-refractivity contribution in [2.75, 3.05) is 5.75 Å². The number of nitrogens with zero attached hydrogens (tertiary/aromatic N) is 3. The van der Waals surface area contributed by atoms with Gasteiger partial charge in [-0.1, -0.05) is 13.3 Å². The molecule has 1 atom stereocenters. The first kappa shape index (κ1) is 17.5. The molecule has 0 amide bonds. The summed E-state index contributed by atoms with van der Waals surface area (Å²) < 4.78 is 26.7. The fraction of sp³-hybridized carbons (Fsp3) is 0.438. The highest BCUT2D eigenvalue weighted by Gasteiger charge is 2.18. The van der Waals surface area contributed by atoms with Crippen molar-refractivity contribution >= 4 is 10.0 Å².